The summed E-state index contributed by atoms with van der Waals surface area (Å²) < 4.78 is 5.72. The number of rotatable bonds is 5. The summed E-state index contributed by atoms with van der Waals surface area (Å²) in [6, 6.07) is 1.92. The van der Waals surface area contributed by atoms with Gasteiger partial charge in [0.15, 0.2) is 6.04 Å². The number of aliphatic carboxylic acids is 1. The van der Waals surface area contributed by atoms with Gasteiger partial charge in [0.2, 0.25) is 0 Å². The first-order valence-electron chi connectivity index (χ1n) is 5.91. The predicted octanol–water partition coefficient (Wildman–Crippen LogP) is 2.29. The van der Waals surface area contributed by atoms with Crippen molar-refractivity contribution in [1.29, 1.82) is 0 Å². The molecular formula is C13H17BrN2O4. The first kappa shape index (κ1) is 16.5. The fourth-order valence-electron chi connectivity index (χ4n) is 1.68. The molecule has 20 heavy (non-hydrogen) atoms. The van der Waals surface area contributed by atoms with Crippen molar-refractivity contribution in [3.05, 3.63) is 27.7 Å². The minimum Gasteiger partial charge on any atom is -0.480 e. The molecule has 0 saturated carbocycles. The summed E-state index contributed by atoms with van der Waals surface area (Å²) in [5, 5.41) is 13.9. The van der Waals surface area contributed by atoms with Gasteiger partial charge >= 0.3 is 12.0 Å². The van der Waals surface area contributed by atoms with Crippen molar-refractivity contribution < 1.29 is 19.4 Å². The van der Waals surface area contributed by atoms with Crippen molar-refractivity contribution in [2.45, 2.75) is 19.9 Å². The molecule has 0 aliphatic rings. The molecule has 1 rings (SSSR count). The van der Waals surface area contributed by atoms with Gasteiger partial charge in [0.05, 0.1) is 6.61 Å². The third kappa shape index (κ3) is 4.50. The quantitative estimate of drug-likeness (QED) is 0.764. The summed E-state index contributed by atoms with van der Waals surface area (Å²) in [6.07, 6.45) is 0. The largest absolute Gasteiger partial charge is 0.480 e. The summed E-state index contributed by atoms with van der Waals surface area (Å²) in [4.78, 5) is 22.7. The zero-order valence-electron chi connectivity index (χ0n) is 11.5. The van der Waals surface area contributed by atoms with Crippen LogP contribution in [-0.2, 0) is 9.53 Å². The van der Waals surface area contributed by atoms with E-state index in [1.807, 2.05) is 13.8 Å². The maximum absolute atomic E-state index is 11.8. The fourth-order valence-corrected chi connectivity index (χ4v) is 1.91. The van der Waals surface area contributed by atoms with Crippen LogP contribution in [0, 0.1) is 13.8 Å². The van der Waals surface area contributed by atoms with Crippen LogP contribution in [0.1, 0.15) is 11.1 Å². The molecule has 1 atom stereocenters. The zero-order valence-corrected chi connectivity index (χ0v) is 13.1. The van der Waals surface area contributed by atoms with Gasteiger partial charge < -0.3 is 20.5 Å². The SMILES string of the molecule is COCC(NC(=O)Nc1cc(C)c(Br)c(C)c1)C(=O)O. The Kier molecular flexibility index (Phi) is 5.97. The number of ether oxygens (including phenoxy) is 1. The van der Waals surface area contributed by atoms with Gasteiger partial charge in [-0.15, -0.1) is 0 Å². The summed E-state index contributed by atoms with van der Waals surface area (Å²) in [7, 11) is 1.37. The molecular weight excluding hydrogens is 328 g/mol. The second-order valence-electron chi connectivity index (χ2n) is 4.37. The Bertz CT molecular complexity index is 496. The summed E-state index contributed by atoms with van der Waals surface area (Å²) in [5.74, 6) is -1.15. The highest BCUT2D eigenvalue weighted by Gasteiger charge is 2.19. The van der Waals surface area contributed by atoms with Crippen LogP contribution < -0.4 is 10.6 Å². The van der Waals surface area contributed by atoms with Crippen LogP contribution in [0.15, 0.2) is 16.6 Å². The Morgan fingerprint density at radius 3 is 2.35 bits per heavy atom. The summed E-state index contributed by atoms with van der Waals surface area (Å²) in [5.41, 5.74) is 2.56. The molecule has 1 unspecified atom stereocenters. The molecule has 3 N–H and O–H groups in total. The van der Waals surface area contributed by atoms with E-state index >= 15 is 0 Å². The van der Waals surface area contributed by atoms with Gasteiger partial charge in [0.1, 0.15) is 0 Å². The molecule has 0 spiro atoms. The lowest BCUT2D eigenvalue weighted by molar-refractivity contribution is -0.140. The number of benzene rings is 1. The number of nitrogens with one attached hydrogen (secondary N) is 2. The van der Waals surface area contributed by atoms with E-state index in [2.05, 4.69) is 26.6 Å². The molecule has 1 aromatic carbocycles. The molecule has 0 heterocycles. The first-order chi connectivity index (χ1) is 9.35. The van der Waals surface area contributed by atoms with Gasteiger partial charge in [-0.3, -0.25) is 0 Å². The van der Waals surface area contributed by atoms with E-state index < -0.39 is 18.0 Å². The van der Waals surface area contributed by atoms with Crippen LogP contribution >= 0.6 is 15.9 Å². The lowest BCUT2D eigenvalue weighted by Gasteiger charge is -2.15. The van der Waals surface area contributed by atoms with Crippen LogP contribution in [0.4, 0.5) is 10.5 Å². The van der Waals surface area contributed by atoms with Crippen molar-refractivity contribution in [3.8, 4) is 0 Å². The Morgan fingerprint density at radius 2 is 1.90 bits per heavy atom. The first-order valence-corrected chi connectivity index (χ1v) is 6.70. The number of carbonyl (C=O) groups excluding carboxylic acids is 1. The molecule has 6 nitrogen and oxygen atoms in total. The smallest absolute Gasteiger partial charge is 0.328 e. The number of methoxy groups -OCH3 is 1. The Hall–Kier alpha value is -1.60. The van der Waals surface area contributed by atoms with Crippen LogP contribution in [-0.4, -0.2) is 36.9 Å². The molecule has 0 saturated heterocycles. The van der Waals surface area contributed by atoms with E-state index in [0.29, 0.717) is 5.69 Å². The number of anilines is 1. The molecule has 2 amide bonds. The minimum atomic E-state index is -1.15. The van der Waals surface area contributed by atoms with Crippen LogP contribution in [0.2, 0.25) is 0 Å². The number of hydrogen-bond donors (Lipinski definition) is 3. The van der Waals surface area contributed by atoms with Crippen molar-refractivity contribution in [3.63, 3.8) is 0 Å². The lowest BCUT2D eigenvalue weighted by atomic mass is 10.1. The van der Waals surface area contributed by atoms with E-state index in [1.54, 1.807) is 12.1 Å². The Balaban J connectivity index is 2.73. The number of aryl methyl sites for hydroxylation is 2. The molecule has 0 aliphatic heterocycles. The predicted molar refractivity (Wildman–Crippen MR) is 79.1 cm³/mol. The number of carboxylic acid groups (broad SMARTS) is 1. The van der Waals surface area contributed by atoms with E-state index in [0.717, 1.165) is 15.6 Å². The minimum absolute atomic E-state index is 0.0961. The van der Waals surface area contributed by atoms with Gasteiger partial charge in [-0.05, 0) is 37.1 Å². The Labute approximate surface area is 125 Å². The summed E-state index contributed by atoms with van der Waals surface area (Å²) >= 11 is 3.44. The van der Waals surface area contributed by atoms with Crippen molar-refractivity contribution in [2.24, 2.45) is 0 Å². The molecule has 0 radical (unpaired) electrons. The number of halogens is 1. The van der Waals surface area contributed by atoms with Gasteiger partial charge in [0.25, 0.3) is 0 Å². The number of carboxylic acids is 1. The highest BCUT2D eigenvalue weighted by molar-refractivity contribution is 9.10. The van der Waals surface area contributed by atoms with E-state index in [9.17, 15) is 9.59 Å². The maximum atomic E-state index is 11.8. The highest BCUT2D eigenvalue weighted by atomic mass is 79.9. The molecule has 0 aromatic heterocycles. The standard InChI is InChI=1S/C13H17BrN2O4/c1-7-4-9(5-8(2)11(7)14)15-13(19)16-10(6-20-3)12(17)18/h4-5,10H,6H2,1-3H3,(H,17,18)(H2,15,16,19). The van der Waals surface area contributed by atoms with E-state index in [1.165, 1.54) is 7.11 Å². The van der Waals surface area contributed by atoms with Crippen molar-refractivity contribution in [2.75, 3.05) is 19.0 Å². The van der Waals surface area contributed by atoms with Gasteiger partial charge in [-0.1, -0.05) is 15.9 Å². The van der Waals surface area contributed by atoms with Crippen molar-refractivity contribution >= 4 is 33.6 Å². The molecule has 0 fully saturated rings. The van der Waals surface area contributed by atoms with Crippen LogP contribution in [0.3, 0.4) is 0 Å². The van der Waals surface area contributed by atoms with E-state index in [-0.39, 0.29) is 6.61 Å². The topological polar surface area (TPSA) is 87.7 Å². The van der Waals surface area contributed by atoms with Crippen molar-refractivity contribution in [1.82, 2.24) is 5.32 Å². The van der Waals surface area contributed by atoms with E-state index in [4.69, 9.17) is 9.84 Å². The average Bonchev–Trinajstić information content (AvgIpc) is 2.35. The fraction of sp³-hybridized carbons (Fsp3) is 0.385. The zero-order chi connectivity index (χ0) is 15.3. The third-order valence-electron chi connectivity index (χ3n) is 2.63. The number of amides is 2. The van der Waals surface area contributed by atoms with Gasteiger partial charge in [-0.25, -0.2) is 9.59 Å². The van der Waals surface area contributed by atoms with Gasteiger partial charge in [0, 0.05) is 17.3 Å². The maximum Gasteiger partial charge on any atom is 0.328 e. The second kappa shape index (κ2) is 7.25. The second-order valence-corrected chi connectivity index (χ2v) is 5.16. The number of carbonyl (C=O) groups is 2. The van der Waals surface area contributed by atoms with Crippen LogP contribution in [0.5, 0.6) is 0 Å². The lowest BCUT2D eigenvalue weighted by Crippen LogP contribution is -2.45. The Morgan fingerprint density at radius 1 is 1.35 bits per heavy atom. The highest BCUT2D eigenvalue weighted by Crippen LogP contribution is 2.24. The molecule has 7 heteroatoms. The molecule has 110 valence electrons. The molecule has 0 aliphatic carbocycles. The molecule has 1 aromatic rings. The van der Waals surface area contributed by atoms with Gasteiger partial charge in [-0.2, -0.15) is 0 Å². The number of hydrogen-bond acceptors (Lipinski definition) is 3. The monoisotopic (exact) mass is 344 g/mol. The molecule has 0 bridgehead atoms. The summed E-state index contributed by atoms with van der Waals surface area (Å²) in [6.45, 7) is 3.72. The normalized spacial score (nSPS) is 11.8. The average molecular weight is 345 g/mol. The number of urea groups is 1. The third-order valence-corrected chi connectivity index (χ3v) is 3.88. The van der Waals surface area contributed by atoms with Crippen LogP contribution in [0.25, 0.3) is 0 Å².